The van der Waals surface area contributed by atoms with E-state index in [1.807, 2.05) is 53.4 Å². The quantitative estimate of drug-likeness (QED) is 0.623. The molecule has 2 unspecified atom stereocenters. The summed E-state index contributed by atoms with van der Waals surface area (Å²) in [6, 6.07) is 15.9. The number of ether oxygens (including phenoxy) is 1. The fourth-order valence-corrected chi connectivity index (χ4v) is 4.58. The second-order valence-electron chi connectivity index (χ2n) is 8.70. The summed E-state index contributed by atoms with van der Waals surface area (Å²) in [5.41, 5.74) is 2.81. The van der Waals surface area contributed by atoms with Gasteiger partial charge in [-0.05, 0) is 56.4 Å². The van der Waals surface area contributed by atoms with Gasteiger partial charge >= 0.3 is 0 Å². The number of carbonyl (C=O) groups excluding carboxylic acids is 1. The molecule has 7 heteroatoms. The van der Waals surface area contributed by atoms with Crippen molar-refractivity contribution in [2.45, 2.75) is 44.1 Å². The number of aromatic nitrogens is 3. The molecule has 7 nitrogen and oxygen atoms in total. The Morgan fingerprint density at radius 3 is 2.64 bits per heavy atom. The summed E-state index contributed by atoms with van der Waals surface area (Å²) < 4.78 is 5.76. The molecule has 5 rings (SSSR count). The highest BCUT2D eigenvalue weighted by atomic mass is 16.5. The van der Waals surface area contributed by atoms with Crippen molar-refractivity contribution in [3.8, 4) is 11.3 Å². The zero-order valence-electron chi connectivity index (χ0n) is 18.7. The summed E-state index contributed by atoms with van der Waals surface area (Å²) in [6.45, 7) is 2.08. The topological polar surface area (TPSA) is 80.2 Å². The van der Waals surface area contributed by atoms with Crippen LogP contribution in [0.4, 0.5) is 11.5 Å². The summed E-state index contributed by atoms with van der Waals surface area (Å²) >= 11 is 0. The number of anilines is 2. The number of nitrogens with one attached hydrogen (secondary N) is 1. The number of hydrogen-bond donors (Lipinski definition) is 1. The summed E-state index contributed by atoms with van der Waals surface area (Å²) in [7, 11) is 0. The molecule has 0 radical (unpaired) electrons. The Hall–Kier alpha value is -3.32. The third-order valence-electron chi connectivity index (χ3n) is 6.32. The lowest BCUT2D eigenvalue weighted by Crippen LogP contribution is -2.46. The van der Waals surface area contributed by atoms with Crippen molar-refractivity contribution >= 4 is 17.4 Å². The molecule has 2 aliphatic rings. The maximum atomic E-state index is 13.1. The van der Waals surface area contributed by atoms with Crippen LogP contribution in [-0.4, -0.2) is 51.6 Å². The standard InChI is InChI=1S/C26H29N5O2/c32-26(23-10-4-5-16-33-23)31-15-6-7-20(18-31)25-29-22(19-11-13-27-14-12-19)17-24(30-25)28-21-8-2-1-3-9-21/h1-3,8-9,11-14,17,20,23H,4-7,10,15-16,18H2,(H,28,29,30). The molecule has 0 saturated carbocycles. The molecule has 33 heavy (non-hydrogen) atoms. The predicted octanol–water partition coefficient (Wildman–Crippen LogP) is 4.56. The van der Waals surface area contributed by atoms with Crippen molar-refractivity contribution in [3.05, 3.63) is 66.7 Å². The number of pyridine rings is 1. The van der Waals surface area contributed by atoms with E-state index in [4.69, 9.17) is 14.7 Å². The number of nitrogens with zero attached hydrogens (tertiary/aromatic N) is 4. The number of para-hydroxylation sites is 1. The largest absolute Gasteiger partial charge is 0.368 e. The van der Waals surface area contributed by atoms with Crippen LogP contribution in [0.2, 0.25) is 0 Å². The minimum atomic E-state index is -0.295. The van der Waals surface area contributed by atoms with E-state index in [0.29, 0.717) is 13.2 Å². The van der Waals surface area contributed by atoms with Crippen LogP contribution >= 0.6 is 0 Å². The van der Waals surface area contributed by atoms with Gasteiger partial charge in [-0.25, -0.2) is 9.97 Å². The highest BCUT2D eigenvalue weighted by molar-refractivity contribution is 5.81. The van der Waals surface area contributed by atoms with Crippen molar-refractivity contribution < 1.29 is 9.53 Å². The molecule has 2 fully saturated rings. The van der Waals surface area contributed by atoms with Crippen LogP contribution < -0.4 is 5.32 Å². The number of carbonyl (C=O) groups is 1. The molecule has 2 aromatic heterocycles. The molecular weight excluding hydrogens is 414 g/mol. The summed E-state index contributed by atoms with van der Waals surface area (Å²) in [5, 5.41) is 3.41. The van der Waals surface area contributed by atoms with Crippen LogP contribution in [0.25, 0.3) is 11.3 Å². The fourth-order valence-electron chi connectivity index (χ4n) is 4.58. The third kappa shape index (κ3) is 5.20. The van der Waals surface area contributed by atoms with E-state index in [1.54, 1.807) is 12.4 Å². The van der Waals surface area contributed by atoms with Gasteiger partial charge in [-0.1, -0.05) is 18.2 Å². The smallest absolute Gasteiger partial charge is 0.251 e. The first-order valence-corrected chi connectivity index (χ1v) is 11.8. The van der Waals surface area contributed by atoms with E-state index in [0.717, 1.165) is 67.2 Å². The van der Waals surface area contributed by atoms with E-state index < -0.39 is 0 Å². The lowest BCUT2D eigenvalue weighted by molar-refractivity contribution is -0.147. The van der Waals surface area contributed by atoms with Gasteiger partial charge in [0.25, 0.3) is 5.91 Å². The molecule has 4 heterocycles. The number of amides is 1. The molecule has 0 bridgehead atoms. The van der Waals surface area contributed by atoms with Gasteiger partial charge in [-0.15, -0.1) is 0 Å². The molecule has 2 saturated heterocycles. The number of piperidine rings is 1. The molecular formula is C26H29N5O2. The van der Waals surface area contributed by atoms with E-state index in [1.165, 1.54) is 0 Å². The predicted molar refractivity (Wildman–Crippen MR) is 127 cm³/mol. The second kappa shape index (κ2) is 10.1. The monoisotopic (exact) mass is 443 g/mol. The molecule has 1 aromatic carbocycles. The van der Waals surface area contributed by atoms with Crippen LogP contribution in [0.15, 0.2) is 60.9 Å². The molecule has 0 spiro atoms. The van der Waals surface area contributed by atoms with E-state index in [2.05, 4.69) is 10.3 Å². The lowest BCUT2D eigenvalue weighted by atomic mass is 9.95. The van der Waals surface area contributed by atoms with Crippen LogP contribution in [-0.2, 0) is 9.53 Å². The van der Waals surface area contributed by atoms with Crippen LogP contribution in [0.5, 0.6) is 0 Å². The van der Waals surface area contributed by atoms with Crippen LogP contribution in [0.3, 0.4) is 0 Å². The SMILES string of the molecule is O=C(C1CCCCO1)N1CCCC(c2nc(Nc3ccccc3)cc(-c3ccncc3)n2)C1. The van der Waals surface area contributed by atoms with Crippen molar-refractivity contribution in [1.29, 1.82) is 0 Å². The lowest BCUT2D eigenvalue weighted by Gasteiger charge is -2.35. The highest BCUT2D eigenvalue weighted by Crippen LogP contribution is 2.30. The maximum absolute atomic E-state index is 13.1. The van der Waals surface area contributed by atoms with Gasteiger partial charge in [0.15, 0.2) is 0 Å². The molecule has 170 valence electrons. The Labute approximate surface area is 194 Å². The number of rotatable bonds is 5. The Morgan fingerprint density at radius 1 is 1.00 bits per heavy atom. The molecule has 0 aliphatic carbocycles. The molecule has 1 N–H and O–H groups in total. The second-order valence-corrected chi connectivity index (χ2v) is 8.70. The van der Waals surface area contributed by atoms with Gasteiger partial charge in [0.05, 0.1) is 5.69 Å². The molecule has 1 amide bonds. The summed E-state index contributed by atoms with van der Waals surface area (Å²) in [5.74, 6) is 1.72. The minimum absolute atomic E-state index is 0.0874. The highest BCUT2D eigenvalue weighted by Gasteiger charge is 2.32. The van der Waals surface area contributed by atoms with E-state index in [-0.39, 0.29) is 17.9 Å². The zero-order chi connectivity index (χ0) is 22.5. The zero-order valence-corrected chi connectivity index (χ0v) is 18.7. The third-order valence-corrected chi connectivity index (χ3v) is 6.32. The van der Waals surface area contributed by atoms with Crippen molar-refractivity contribution in [3.63, 3.8) is 0 Å². The Bertz CT molecular complexity index is 1070. The van der Waals surface area contributed by atoms with E-state index in [9.17, 15) is 4.79 Å². The van der Waals surface area contributed by atoms with Gasteiger partial charge < -0.3 is 15.0 Å². The minimum Gasteiger partial charge on any atom is -0.368 e. The first-order chi connectivity index (χ1) is 16.3. The van der Waals surface area contributed by atoms with Gasteiger partial charge in [-0.2, -0.15) is 0 Å². The maximum Gasteiger partial charge on any atom is 0.251 e. The summed E-state index contributed by atoms with van der Waals surface area (Å²) in [6.07, 6.45) is 8.06. The number of hydrogen-bond acceptors (Lipinski definition) is 6. The Morgan fingerprint density at radius 2 is 1.85 bits per heavy atom. The average Bonchev–Trinajstić information content (AvgIpc) is 2.90. The normalized spacial score (nSPS) is 20.9. The Balaban J connectivity index is 1.42. The molecule has 3 aromatic rings. The first kappa shape index (κ1) is 21.5. The van der Waals surface area contributed by atoms with Crippen LogP contribution in [0, 0.1) is 0 Å². The average molecular weight is 444 g/mol. The Kier molecular flexibility index (Phi) is 6.58. The van der Waals surface area contributed by atoms with Crippen molar-refractivity contribution in [1.82, 2.24) is 19.9 Å². The van der Waals surface area contributed by atoms with Crippen LogP contribution in [0.1, 0.15) is 43.8 Å². The van der Waals surface area contributed by atoms with Gasteiger partial charge in [0.2, 0.25) is 0 Å². The number of likely N-dealkylation sites (tertiary alicyclic amines) is 1. The van der Waals surface area contributed by atoms with Gasteiger partial charge in [0, 0.05) is 55.3 Å². The number of benzene rings is 1. The fraction of sp³-hybridized carbons (Fsp3) is 0.385. The van der Waals surface area contributed by atoms with Gasteiger partial charge in [-0.3, -0.25) is 9.78 Å². The summed E-state index contributed by atoms with van der Waals surface area (Å²) in [4.78, 5) is 29.0. The molecule has 2 aliphatic heterocycles. The molecule has 2 atom stereocenters. The first-order valence-electron chi connectivity index (χ1n) is 11.8. The van der Waals surface area contributed by atoms with Crippen molar-refractivity contribution in [2.75, 3.05) is 25.0 Å². The van der Waals surface area contributed by atoms with E-state index >= 15 is 0 Å². The van der Waals surface area contributed by atoms with Crippen molar-refractivity contribution in [2.24, 2.45) is 0 Å². The van der Waals surface area contributed by atoms with Gasteiger partial charge in [0.1, 0.15) is 17.7 Å².